The molecule has 0 radical (unpaired) electrons. The maximum Gasteiger partial charge on any atom is 0.209 e. The molecule has 0 atom stereocenters. The highest BCUT2D eigenvalue weighted by Crippen LogP contribution is 2.45. The number of aliphatic hydroxyl groups is 1. The molecular formula is C40H45N4O3S+. The molecule has 0 bridgehead atoms. The third kappa shape index (κ3) is 5.91. The molecule has 2 heterocycles. The average molecular weight is 662 g/mol. The van der Waals surface area contributed by atoms with Crippen molar-refractivity contribution in [3.05, 3.63) is 88.7 Å². The van der Waals surface area contributed by atoms with Crippen LogP contribution in [-0.2, 0) is 10.2 Å². The first-order valence-electron chi connectivity index (χ1n) is 17.3. The predicted molar refractivity (Wildman–Crippen MR) is 197 cm³/mol. The number of Topliss-reactive ketones (excluding diaryl/α,β-unsaturated/α-hetero) is 1. The van der Waals surface area contributed by atoms with Gasteiger partial charge in [0, 0.05) is 54.0 Å². The van der Waals surface area contributed by atoms with Crippen LogP contribution in [-0.4, -0.2) is 55.8 Å². The van der Waals surface area contributed by atoms with Gasteiger partial charge in [-0.3, -0.25) is 9.59 Å². The van der Waals surface area contributed by atoms with Crippen LogP contribution in [0.5, 0.6) is 0 Å². The van der Waals surface area contributed by atoms with E-state index in [9.17, 15) is 14.7 Å². The van der Waals surface area contributed by atoms with E-state index in [-0.39, 0.29) is 11.5 Å². The van der Waals surface area contributed by atoms with Gasteiger partial charge in [0.1, 0.15) is 23.3 Å². The van der Waals surface area contributed by atoms with Gasteiger partial charge < -0.3 is 10.0 Å². The number of aldehydes is 1. The first-order valence-corrected chi connectivity index (χ1v) is 18.0. The van der Waals surface area contributed by atoms with Crippen molar-refractivity contribution in [1.29, 1.82) is 0 Å². The number of benzene rings is 3. The second-order valence-corrected chi connectivity index (χ2v) is 13.9. The second kappa shape index (κ2) is 14.0. The molecule has 48 heavy (non-hydrogen) atoms. The zero-order valence-electron chi connectivity index (χ0n) is 28.7. The smallest absolute Gasteiger partial charge is 0.209 e. The molecule has 0 amide bonds. The Morgan fingerprint density at radius 3 is 2.19 bits per heavy atom. The van der Waals surface area contributed by atoms with Gasteiger partial charge in [-0.05, 0) is 68.1 Å². The van der Waals surface area contributed by atoms with Crippen LogP contribution in [0.25, 0.3) is 27.7 Å². The van der Waals surface area contributed by atoms with Crippen molar-refractivity contribution in [2.75, 3.05) is 24.5 Å². The molecular weight excluding hydrogens is 617 g/mol. The van der Waals surface area contributed by atoms with Crippen LogP contribution < -0.4 is 4.90 Å². The maximum atomic E-state index is 13.7. The molecule has 248 valence electrons. The van der Waals surface area contributed by atoms with Crippen LogP contribution in [0.4, 0.5) is 11.4 Å². The minimum absolute atomic E-state index is 0.0608. The molecule has 1 aliphatic heterocycles. The van der Waals surface area contributed by atoms with Crippen LogP contribution in [0.3, 0.4) is 0 Å². The van der Waals surface area contributed by atoms with E-state index in [2.05, 4.69) is 83.2 Å². The Bertz CT molecular complexity index is 1960. The quantitative estimate of drug-likeness (QED) is 0.0824. The van der Waals surface area contributed by atoms with Crippen molar-refractivity contribution in [1.82, 2.24) is 8.75 Å². The van der Waals surface area contributed by atoms with E-state index < -0.39 is 5.41 Å². The van der Waals surface area contributed by atoms with Crippen molar-refractivity contribution in [2.24, 2.45) is 0 Å². The number of fused-ring (bicyclic) bond motifs is 2. The summed E-state index contributed by atoms with van der Waals surface area (Å²) in [5.41, 5.74) is 9.25. The fourth-order valence-electron chi connectivity index (χ4n) is 6.94. The van der Waals surface area contributed by atoms with Crippen LogP contribution in [0.2, 0.25) is 0 Å². The normalized spacial score (nSPS) is 16.2. The first kappa shape index (κ1) is 33.5. The van der Waals surface area contributed by atoms with E-state index in [1.165, 1.54) is 0 Å². The zero-order chi connectivity index (χ0) is 34.0. The number of ketones is 1. The summed E-state index contributed by atoms with van der Waals surface area (Å²) in [5.74, 6) is -0.0659. The van der Waals surface area contributed by atoms with Crippen LogP contribution >= 0.6 is 11.7 Å². The highest BCUT2D eigenvalue weighted by Gasteiger charge is 2.46. The van der Waals surface area contributed by atoms with Gasteiger partial charge >= 0.3 is 0 Å². The van der Waals surface area contributed by atoms with Crippen molar-refractivity contribution in [2.45, 2.75) is 78.6 Å². The summed E-state index contributed by atoms with van der Waals surface area (Å²) in [4.78, 5) is 27.7. The number of allylic oxidation sites excluding steroid dienone is 3. The molecule has 7 nitrogen and oxygen atoms in total. The maximum absolute atomic E-state index is 13.7. The number of hydrogen-bond acceptors (Lipinski definition) is 7. The number of aliphatic hydroxyl groups excluding tert-OH is 1. The summed E-state index contributed by atoms with van der Waals surface area (Å²) in [5, 5.41) is 11.3. The highest BCUT2D eigenvalue weighted by molar-refractivity contribution is 7.00. The third-order valence-corrected chi connectivity index (χ3v) is 10.4. The number of anilines is 1. The zero-order valence-corrected chi connectivity index (χ0v) is 29.5. The van der Waals surface area contributed by atoms with Gasteiger partial charge in [0.05, 0.1) is 28.3 Å². The standard InChI is InChI=1S/C40H44N4O3S/c1-6-9-20-43(21-10-7-2)29-16-12-26(13-17-29)35-38(46)31(39(35)47)24-34-40(4,5)32-23-27(15-19-33(32)44(34)22-11-8-3)30-18-14-28(25-45)36-37(30)42-48-41-36/h12-19,23-25H,6-11,20-22H2,1-5H3/p+1. The Morgan fingerprint density at radius 1 is 0.875 bits per heavy atom. The second-order valence-electron chi connectivity index (χ2n) is 13.4. The fraction of sp³-hybridized carbons (Fsp3) is 0.375. The van der Waals surface area contributed by atoms with Crippen molar-refractivity contribution in [3.8, 4) is 11.1 Å². The van der Waals surface area contributed by atoms with Gasteiger partial charge in [0.2, 0.25) is 11.5 Å². The number of hydrogen-bond donors (Lipinski definition) is 1. The molecule has 0 spiro atoms. The van der Waals surface area contributed by atoms with Crippen LogP contribution in [0, 0.1) is 0 Å². The first-order chi connectivity index (χ1) is 23.2. The number of aromatic nitrogens is 2. The summed E-state index contributed by atoms with van der Waals surface area (Å²) >= 11 is 1.11. The molecule has 8 heteroatoms. The minimum Gasteiger partial charge on any atom is -0.506 e. The molecule has 4 aromatic rings. The monoisotopic (exact) mass is 661 g/mol. The lowest BCUT2D eigenvalue weighted by Gasteiger charge is -2.26. The molecule has 3 aromatic carbocycles. The molecule has 0 saturated heterocycles. The molecule has 1 aromatic heterocycles. The Hall–Kier alpha value is -4.43. The number of nitrogens with zero attached hydrogens (tertiary/aromatic N) is 4. The van der Waals surface area contributed by atoms with E-state index in [0.29, 0.717) is 22.2 Å². The van der Waals surface area contributed by atoms with E-state index in [1.54, 1.807) is 6.07 Å². The van der Waals surface area contributed by atoms with Gasteiger partial charge in [0.25, 0.3) is 0 Å². The van der Waals surface area contributed by atoms with E-state index in [4.69, 9.17) is 0 Å². The number of rotatable bonds is 14. The lowest BCUT2D eigenvalue weighted by atomic mass is 9.77. The molecule has 0 unspecified atom stereocenters. The summed E-state index contributed by atoms with van der Waals surface area (Å²) in [6.45, 7) is 13.8. The topological polar surface area (TPSA) is 86.4 Å². The van der Waals surface area contributed by atoms with Gasteiger partial charge in [0.15, 0.2) is 12.0 Å². The Kier molecular flexibility index (Phi) is 9.74. The van der Waals surface area contributed by atoms with Crippen LogP contribution in [0.15, 0.2) is 72.0 Å². The molecule has 0 fully saturated rings. The van der Waals surface area contributed by atoms with Gasteiger partial charge in [-0.15, -0.1) is 0 Å². The minimum atomic E-state index is -0.438. The average Bonchev–Trinajstić information content (AvgIpc) is 3.67. The van der Waals surface area contributed by atoms with Gasteiger partial charge in [-0.1, -0.05) is 58.2 Å². The molecule has 0 saturated carbocycles. The molecule has 1 aliphatic carbocycles. The highest BCUT2D eigenvalue weighted by atomic mass is 32.1. The SMILES string of the molecule is CCCCN(CCCC)c1ccc(C2=C(O)C(=CC3=[N+](CCCC)c4ccc(-c5ccc(C=O)c6nsnc56)cc4C3(C)C)C2=O)cc1. The van der Waals surface area contributed by atoms with Gasteiger partial charge in [-0.2, -0.15) is 13.3 Å². The van der Waals surface area contributed by atoms with Crippen molar-refractivity contribution >= 4 is 57.5 Å². The number of unbranched alkanes of at least 4 members (excludes halogenated alkanes) is 3. The van der Waals surface area contributed by atoms with E-state index in [0.717, 1.165) is 121 Å². The van der Waals surface area contributed by atoms with Crippen molar-refractivity contribution < 1.29 is 19.3 Å². The van der Waals surface area contributed by atoms with Gasteiger partial charge in [-0.25, -0.2) is 0 Å². The molecule has 2 aliphatic rings. The summed E-state index contributed by atoms with van der Waals surface area (Å²) in [7, 11) is 0. The largest absolute Gasteiger partial charge is 0.506 e. The van der Waals surface area contributed by atoms with Crippen molar-refractivity contribution in [3.63, 3.8) is 0 Å². The predicted octanol–water partition coefficient (Wildman–Crippen LogP) is 9.23. The summed E-state index contributed by atoms with van der Waals surface area (Å²) < 4.78 is 11.2. The summed E-state index contributed by atoms with van der Waals surface area (Å²) in [6, 6.07) is 18.3. The fourth-order valence-corrected chi connectivity index (χ4v) is 7.52. The lowest BCUT2D eigenvalue weighted by molar-refractivity contribution is -0.438. The molecule has 1 N–H and O–H groups in total. The Morgan fingerprint density at radius 2 is 1.54 bits per heavy atom. The summed E-state index contributed by atoms with van der Waals surface area (Å²) in [6.07, 6.45) is 9.32. The number of carbonyl (C=O) groups excluding carboxylic acids is 2. The Labute approximate surface area is 287 Å². The van der Waals surface area contributed by atoms with E-state index in [1.807, 2.05) is 24.3 Å². The molecule has 6 rings (SSSR count). The number of carbonyl (C=O) groups is 2. The lowest BCUT2D eigenvalue weighted by Crippen LogP contribution is -2.31. The third-order valence-electron chi connectivity index (χ3n) is 9.84. The van der Waals surface area contributed by atoms with Crippen LogP contribution in [0.1, 0.15) is 94.6 Å². The van der Waals surface area contributed by atoms with E-state index >= 15 is 0 Å². The Balaban J connectivity index is 1.34.